The molecule has 2 heterocycles. The Kier molecular flexibility index (Phi) is 8.15. The molecule has 1 aliphatic heterocycles. The molecule has 9 heteroatoms. The summed E-state index contributed by atoms with van der Waals surface area (Å²) >= 11 is 0. The topological polar surface area (TPSA) is 121 Å². The van der Waals surface area contributed by atoms with E-state index in [9.17, 15) is 14.7 Å². The van der Waals surface area contributed by atoms with Gasteiger partial charge in [-0.25, -0.2) is 4.68 Å². The number of ether oxygens (including phenoxy) is 2. The zero-order valence-corrected chi connectivity index (χ0v) is 21.4. The van der Waals surface area contributed by atoms with Gasteiger partial charge in [-0.15, -0.1) is 0 Å². The standard InChI is InChI=1S/C28H34N4O5/c1-4-36-28-20(13-10-16-33)21(17-24(37-28)26(34)30-23-15-9-8-14-22(23)29)25-18(2)31(3)32(27(25)35)19-11-6-5-7-12-19/h5-9,11-12,14-15,17,20-21,28,33H,4,10,13,16,29H2,1-3H3,(H,30,34)/t20-,21+,28-/m1/s1. The number of hydrogen-bond donors (Lipinski definition) is 3. The van der Waals surface area contributed by atoms with Crippen molar-refractivity contribution in [3.05, 3.63) is 88.0 Å². The highest BCUT2D eigenvalue weighted by Crippen LogP contribution is 2.40. The largest absolute Gasteiger partial charge is 0.459 e. The van der Waals surface area contributed by atoms with Gasteiger partial charge in [0.1, 0.15) is 0 Å². The molecule has 0 saturated heterocycles. The molecule has 0 radical (unpaired) electrons. The van der Waals surface area contributed by atoms with E-state index >= 15 is 0 Å². The summed E-state index contributed by atoms with van der Waals surface area (Å²) in [5.74, 6) is -1.19. The minimum Gasteiger partial charge on any atom is -0.459 e. The molecule has 196 valence electrons. The minimum absolute atomic E-state index is 0.00553. The number of nitrogens with one attached hydrogen (secondary N) is 1. The van der Waals surface area contributed by atoms with Crippen molar-refractivity contribution >= 4 is 17.3 Å². The van der Waals surface area contributed by atoms with Crippen LogP contribution in [-0.4, -0.2) is 39.9 Å². The maximum absolute atomic E-state index is 13.9. The lowest BCUT2D eigenvalue weighted by Gasteiger charge is -2.36. The van der Waals surface area contributed by atoms with Crippen LogP contribution in [0.1, 0.15) is 36.9 Å². The monoisotopic (exact) mass is 506 g/mol. The molecular weight excluding hydrogens is 472 g/mol. The normalized spacial score (nSPS) is 19.2. The first-order valence-corrected chi connectivity index (χ1v) is 12.5. The molecule has 37 heavy (non-hydrogen) atoms. The zero-order valence-electron chi connectivity index (χ0n) is 21.4. The number of aliphatic hydroxyl groups excluding tert-OH is 1. The van der Waals surface area contributed by atoms with Crippen LogP contribution >= 0.6 is 0 Å². The number of allylic oxidation sites excluding steroid dienone is 1. The summed E-state index contributed by atoms with van der Waals surface area (Å²) in [4.78, 5) is 27.2. The molecule has 0 fully saturated rings. The Morgan fingerprint density at radius 2 is 1.86 bits per heavy atom. The second-order valence-electron chi connectivity index (χ2n) is 9.04. The van der Waals surface area contributed by atoms with Gasteiger partial charge < -0.3 is 25.6 Å². The minimum atomic E-state index is -0.774. The van der Waals surface area contributed by atoms with Gasteiger partial charge in [0.15, 0.2) is 5.76 Å². The summed E-state index contributed by atoms with van der Waals surface area (Å²) in [5.41, 5.74) is 8.80. The molecule has 3 atom stereocenters. The smallest absolute Gasteiger partial charge is 0.290 e. The van der Waals surface area contributed by atoms with Gasteiger partial charge in [0.05, 0.1) is 17.1 Å². The van der Waals surface area contributed by atoms with E-state index in [1.165, 1.54) is 0 Å². The Bertz CT molecular complexity index is 1330. The number of anilines is 2. The van der Waals surface area contributed by atoms with Crippen molar-refractivity contribution in [2.45, 2.75) is 38.9 Å². The summed E-state index contributed by atoms with van der Waals surface area (Å²) in [7, 11) is 1.84. The maximum Gasteiger partial charge on any atom is 0.290 e. The summed E-state index contributed by atoms with van der Waals surface area (Å²) in [6, 6.07) is 16.4. The number of hydrogen-bond acceptors (Lipinski definition) is 6. The van der Waals surface area contributed by atoms with Crippen molar-refractivity contribution in [2.24, 2.45) is 13.0 Å². The number of nitrogen functional groups attached to an aromatic ring is 1. The number of carbonyl (C=O) groups excluding carboxylic acids is 1. The second kappa shape index (κ2) is 11.5. The number of carbonyl (C=O) groups is 1. The first kappa shape index (κ1) is 26.2. The third-order valence-electron chi connectivity index (χ3n) is 6.78. The number of amides is 1. The SMILES string of the molecule is CCO[C@@H]1OC(C(=O)Nc2ccccc2N)=C[C@H](c2c(C)n(C)n(-c3ccccc3)c2=O)[C@H]1CCCO. The third kappa shape index (κ3) is 5.33. The number of nitrogens with two attached hydrogens (primary N) is 1. The quantitative estimate of drug-likeness (QED) is 0.382. The number of para-hydroxylation sites is 3. The van der Waals surface area contributed by atoms with Gasteiger partial charge in [0.2, 0.25) is 6.29 Å². The molecule has 4 rings (SSSR count). The predicted octanol–water partition coefficient (Wildman–Crippen LogP) is 3.45. The Morgan fingerprint density at radius 1 is 1.16 bits per heavy atom. The average Bonchev–Trinajstić information content (AvgIpc) is 3.12. The lowest BCUT2D eigenvalue weighted by atomic mass is 9.80. The van der Waals surface area contributed by atoms with Gasteiger partial charge in [-0.2, -0.15) is 0 Å². The predicted molar refractivity (Wildman–Crippen MR) is 142 cm³/mol. The van der Waals surface area contributed by atoms with Crippen LogP contribution in [0, 0.1) is 12.8 Å². The lowest BCUT2D eigenvalue weighted by molar-refractivity contribution is -0.165. The molecule has 0 aliphatic carbocycles. The van der Waals surface area contributed by atoms with Gasteiger partial charge in [-0.3, -0.25) is 14.3 Å². The fourth-order valence-corrected chi connectivity index (χ4v) is 4.87. The van der Waals surface area contributed by atoms with E-state index in [4.69, 9.17) is 15.2 Å². The van der Waals surface area contributed by atoms with E-state index in [1.54, 1.807) is 35.0 Å². The van der Waals surface area contributed by atoms with E-state index < -0.39 is 18.1 Å². The van der Waals surface area contributed by atoms with Crippen LogP contribution in [0.2, 0.25) is 0 Å². The highest BCUT2D eigenvalue weighted by Gasteiger charge is 2.40. The molecule has 0 bridgehead atoms. The van der Waals surface area contributed by atoms with E-state index in [0.29, 0.717) is 36.4 Å². The van der Waals surface area contributed by atoms with E-state index in [2.05, 4.69) is 5.32 Å². The van der Waals surface area contributed by atoms with Crippen LogP contribution in [0.5, 0.6) is 0 Å². The van der Waals surface area contributed by atoms with Crippen molar-refractivity contribution in [3.63, 3.8) is 0 Å². The fourth-order valence-electron chi connectivity index (χ4n) is 4.87. The number of benzene rings is 2. The Morgan fingerprint density at radius 3 is 2.54 bits per heavy atom. The van der Waals surface area contributed by atoms with Gasteiger partial charge in [0.25, 0.3) is 11.5 Å². The molecule has 2 aromatic carbocycles. The second-order valence-corrected chi connectivity index (χ2v) is 9.04. The molecular formula is C28H34N4O5. The van der Waals surface area contributed by atoms with Crippen LogP contribution in [0.4, 0.5) is 11.4 Å². The van der Waals surface area contributed by atoms with E-state index in [-0.39, 0.29) is 23.8 Å². The molecule has 0 saturated carbocycles. The summed E-state index contributed by atoms with van der Waals surface area (Å²) in [5, 5.41) is 12.4. The zero-order chi connectivity index (χ0) is 26.5. The highest BCUT2D eigenvalue weighted by molar-refractivity contribution is 6.04. The number of rotatable bonds is 9. The number of nitrogens with zero attached hydrogens (tertiary/aromatic N) is 2. The molecule has 1 aromatic heterocycles. The number of aromatic nitrogens is 2. The molecule has 9 nitrogen and oxygen atoms in total. The summed E-state index contributed by atoms with van der Waals surface area (Å²) < 4.78 is 15.4. The first-order chi connectivity index (χ1) is 17.9. The van der Waals surface area contributed by atoms with Crippen molar-refractivity contribution in [2.75, 3.05) is 24.3 Å². The van der Waals surface area contributed by atoms with Gasteiger partial charge in [-0.1, -0.05) is 30.3 Å². The van der Waals surface area contributed by atoms with Crippen LogP contribution in [-0.2, 0) is 21.3 Å². The Balaban J connectivity index is 1.82. The number of aliphatic hydroxyl groups is 1. The maximum atomic E-state index is 13.9. The van der Waals surface area contributed by atoms with Crippen LogP contribution in [0.3, 0.4) is 0 Å². The van der Waals surface area contributed by atoms with Crippen molar-refractivity contribution < 1.29 is 19.4 Å². The van der Waals surface area contributed by atoms with E-state index in [1.807, 2.05) is 55.9 Å². The van der Waals surface area contributed by atoms with Gasteiger partial charge in [0, 0.05) is 43.4 Å². The van der Waals surface area contributed by atoms with Gasteiger partial charge >= 0.3 is 0 Å². The van der Waals surface area contributed by atoms with Crippen LogP contribution < -0.4 is 16.6 Å². The van der Waals surface area contributed by atoms with Crippen LogP contribution in [0.25, 0.3) is 5.69 Å². The molecule has 0 unspecified atom stereocenters. The fraction of sp³-hybridized carbons (Fsp3) is 0.357. The van der Waals surface area contributed by atoms with E-state index in [0.717, 1.165) is 11.4 Å². The highest BCUT2D eigenvalue weighted by atomic mass is 16.7. The van der Waals surface area contributed by atoms with Gasteiger partial charge in [-0.05, 0) is 57.0 Å². The molecule has 1 aliphatic rings. The third-order valence-corrected chi connectivity index (χ3v) is 6.78. The summed E-state index contributed by atoms with van der Waals surface area (Å²) in [6.07, 6.45) is 1.97. The van der Waals surface area contributed by atoms with Crippen LogP contribution in [0.15, 0.2) is 71.2 Å². The van der Waals surface area contributed by atoms with Crippen molar-refractivity contribution in [1.29, 1.82) is 0 Å². The first-order valence-electron chi connectivity index (χ1n) is 12.5. The molecule has 1 amide bonds. The molecule has 4 N–H and O–H groups in total. The lowest BCUT2D eigenvalue weighted by Crippen LogP contribution is -2.39. The summed E-state index contributed by atoms with van der Waals surface area (Å²) in [6.45, 7) is 4.09. The molecule has 0 spiro atoms. The molecule has 3 aromatic rings. The van der Waals surface area contributed by atoms with Crippen molar-refractivity contribution in [3.8, 4) is 5.69 Å². The average molecular weight is 507 g/mol. The Labute approximate surface area is 216 Å². The van der Waals surface area contributed by atoms with Crippen molar-refractivity contribution in [1.82, 2.24) is 9.36 Å². The Hall–Kier alpha value is -3.82.